The number of hydrogen-bond acceptors (Lipinski definition) is 4. The molecular formula is C15H28O7P2. The van der Waals surface area contributed by atoms with Crippen molar-refractivity contribution in [1.29, 1.82) is 0 Å². The van der Waals surface area contributed by atoms with E-state index in [2.05, 4.69) is 41.8 Å². The van der Waals surface area contributed by atoms with Gasteiger partial charge in [-0.25, -0.2) is 9.13 Å². The molecule has 0 rings (SSSR count). The van der Waals surface area contributed by atoms with Crippen LogP contribution in [0.5, 0.6) is 0 Å². The largest absolute Gasteiger partial charge is 0.481 e. The molecule has 24 heavy (non-hydrogen) atoms. The van der Waals surface area contributed by atoms with Crippen LogP contribution in [0.2, 0.25) is 0 Å². The van der Waals surface area contributed by atoms with Gasteiger partial charge < -0.3 is 14.7 Å². The molecule has 7 nitrogen and oxygen atoms in total. The molecule has 0 bridgehead atoms. The number of allylic oxidation sites excluding steroid dienone is 5. The van der Waals surface area contributed by atoms with Gasteiger partial charge in [-0.2, -0.15) is 4.31 Å². The van der Waals surface area contributed by atoms with E-state index in [1.54, 1.807) is 6.08 Å². The third kappa shape index (κ3) is 15.0. The zero-order valence-corrected chi connectivity index (χ0v) is 16.4. The lowest BCUT2D eigenvalue weighted by Crippen LogP contribution is -1.94. The van der Waals surface area contributed by atoms with Crippen molar-refractivity contribution in [2.45, 2.75) is 53.4 Å². The average molecular weight is 382 g/mol. The van der Waals surface area contributed by atoms with Crippen LogP contribution in [0.4, 0.5) is 0 Å². The van der Waals surface area contributed by atoms with E-state index in [4.69, 9.17) is 14.7 Å². The first kappa shape index (κ1) is 23.5. The molecule has 0 fully saturated rings. The molecule has 3 N–H and O–H groups in total. The molecule has 0 spiro atoms. The van der Waals surface area contributed by atoms with Crippen LogP contribution in [0.3, 0.4) is 0 Å². The van der Waals surface area contributed by atoms with Gasteiger partial charge in [0.25, 0.3) is 0 Å². The van der Waals surface area contributed by atoms with E-state index < -0.39 is 15.6 Å². The maximum Gasteiger partial charge on any atom is 0.481 e. The molecule has 0 aromatic heterocycles. The Morgan fingerprint density at radius 3 is 1.88 bits per heavy atom. The predicted octanol–water partition coefficient (Wildman–Crippen LogP) is 4.63. The van der Waals surface area contributed by atoms with Crippen molar-refractivity contribution in [3.8, 4) is 0 Å². The fourth-order valence-electron chi connectivity index (χ4n) is 1.77. The van der Waals surface area contributed by atoms with Crippen molar-refractivity contribution >= 4 is 15.6 Å². The van der Waals surface area contributed by atoms with Crippen LogP contribution in [-0.2, 0) is 18.0 Å². The molecule has 9 heteroatoms. The van der Waals surface area contributed by atoms with Crippen molar-refractivity contribution in [3.63, 3.8) is 0 Å². The Hall–Kier alpha value is -0.520. The Morgan fingerprint density at radius 2 is 1.38 bits per heavy atom. The standard InChI is InChI=1S/C15H28O7P2/c1-13(2)7-5-8-14(3)9-6-10-15(4)11-12-21-24(19,20)22-23(16,17)18/h7,9,11H,5-6,8,10,12H2,1-4H3,(H,19,20)(H2,16,17,18)/b14-9+,15-11+. The summed E-state index contributed by atoms with van der Waals surface area (Å²) in [5.74, 6) is 0. The third-order valence-corrected chi connectivity index (χ3v) is 5.15. The summed E-state index contributed by atoms with van der Waals surface area (Å²) in [7, 11) is -9.82. The van der Waals surface area contributed by atoms with Gasteiger partial charge in [0.15, 0.2) is 0 Å². The Bertz CT molecular complexity index is 568. The molecule has 0 saturated heterocycles. The average Bonchev–Trinajstić information content (AvgIpc) is 2.34. The van der Waals surface area contributed by atoms with Gasteiger partial charge in [0, 0.05) is 0 Å². The van der Waals surface area contributed by atoms with Gasteiger partial charge in [0.05, 0.1) is 6.61 Å². The summed E-state index contributed by atoms with van der Waals surface area (Å²) < 4.78 is 29.9. The van der Waals surface area contributed by atoms with Gasteiger partial charge in [-0.15, -0.1) is 0 Å². The van der Waals surface area contributed by atoms with Crippen molar-refractivity contribution in [3.05, 3.63) is 34.9 Å². The maximum atomic E-state index is 11.2. The van der Waals surface area contributed by atoms with E-state index in [-0.39, 0.29) is 6.61 Å². The van der Waals surface area contributed by atoms with Crippen molar-refractivity contribution in [1.82, 2.24) is 0 Å². The van der Waals surface area contributed by atoms with Crippen LogP contribution in [-0.4, -0.2) is 21.3 Å². The predicted molar refractivity (Wildman–Crippen MR) is 94.3 cm³/mol. The number of phosphoric acid groups is 2. The van der Waals surface area contributed by atoms with E-state index in [0.717, 1.165) is 31.3 Å². The van der Waals surface area contributed by atoms with Crippen LogP contribution in [0.25, 0.3) is 0 Å². The Kier molecular flexibility index (Phi) is 10.9. The molecule has 0 amide bonds. The second-order valence-electron chi connectivity index (χ2n) is 5.80. The molecule has 0 heterocycles. The fraction of sp³-hybridized carbons (Fsp3) is 0.600. The van der Waals surface area contributed by atoms with Crippen LogP contribution in [0.1, 0.15) is 53.4 Å². The first-order chi connectivity index (χ1) is 10.9. The topological polar surface area (TPSA) is 113 Å². The van der Waals surface area contributed by atoms with Crippen molar-refractivity contribution < 1.29 is 32.6 Å². The quantitative estimate of drug-likeness (QED) is 0.353. The molecule has 0 aliphatic rings. The second kappa shape index (κ2) is 11.2. The normalized spacial score (nSPS) is 16.0. The molecule has 1 unspecified atom stereocenters. The minimum absolute atomic E-state index is 0.261. The summed E-state index contributed by atoms with van der Waals surface area (Å²) in [6.45, 7) is 7.82. The number of hydrogen-bond donors (Lipinski definition) is 3. The molecule has 1 atom stereocenters. The molecular weight excluding hydrogens is 354 g/mol. The van der Waals surface area contributed by atoms with Crippen molar-refractivity contribution in [2.24, 2.45) is 0 Å². The Labute approximate surface area is 143 Å². The van der Waals surface area contributed by atoms with Gasteiger partial charge in [0.2, 0.25) is 0 Å². The molecule has 140 valence electrons. The Balaban J connectivity index is 4.18. The summed E-state index contributed by atoms with van der Waals surface area (Å²) in [5, 5.41) is 0. The number of rotatable bonds is 11. The number of phosphoric ester groups is 1. The highest BCUT2D eigenvalue weighted by Gasteiger charge is 2.31. The van der Waals surface area contributed by atoms with Crippen LogP contribution in [0, 0.1) is 0 Å². The first-order valence-corrected chi connectivity index (χ1v) is 10.6. The molecule has 0 aliphatic carbocycles. The smallest absolute Gasteiger partial charge is 0.302 e. The molecule has 0 aromatic rings. The monoisotopic (exact) mass is 382 g/mol. The molecule has 0 aromatic carbocycles. The molecule has 0 radical (unpaired) electrons. The minimum atomic E-state index is -5.07. The fourth-order valence-corrected chi connectivity index (χ4v) is 3.30. The van der Waals surface area contributed by atoms with E-state index in [1.807, 2.05) is 6.92 Å². The maximum absolute atomic E-state index is 11.2. The molecule has 0 saturated carbocycles. The highest BCUT2D eigenvalue weighted by molar-refractivity contribution is 7.60. The van der Waals surface area contributed by atoms with E-state index >= 15 is 0 Å². The van der Waals surface area contributed by atoms with Gasteiger partial charge in [-0.05, 0) is 53.4 Å². The van der Waals surface area contributed by atoms with Gasteiger partial charge in [0.1, 0.15) is 0 Å². The lowest BCUT2D eigenvalue weighted by Gasteiger charge is -2.11. The summed E-state index contributed by atoms with van der Waals surface area (Å²) >= 11 is 0. The van der Waals surface area contributed by atoms with Crippen LogP contribution >= 0.6 is 15.6 Å². The zero-order valence-electron chi connectivity index (χ0n) is 14.6. The third-order valence-electron chi connectivity index (χ3n) is 3.00. The highest BCUT2D eigenvalue weighted by atomic mass is 31.3. The summed E-state index contributed by atoms with van der Waals surface area (Å²) in [4.78, 5) is 26.1. The summed E-state index contributed by atoms with van der Waals surface area (Å²) in [6.07, 6.45) is 9.59. The van der Waals surface area contributed by atoms with E-state index in [0.29, 0.717) is 0 Å². The van der Waals surface area contributed by atoms with Crippen molar-refractivity contribution in [2.75, 3.05) is 6.61 Å². The van der Waals surface area contributed by atoms with E-state index in [9.17, 15) is 9.13 Å². The SMILES string of the molecule is CC(C)=CCC/C(C)=C/CC/C(C)=C/COP(=O)(O)OP(=O)(O)O. The first-order valence-electron chi connectivity index (χ1n) is 7.60. The van der Waals surface area contributed by atoms with Crippen LogP contribution in [0.15, 0.2) is 34.9 Å². The van der Waals surface area contributed by atoms with Crippen LogP contribution < -0.4 is 0 Å². The van der Waals surface area contributed by atoms with E-state index in [1.165, 1.54) is 11.1 Å². The lowest BCUT2D eigenvalue weighted by atomic mass is 10.1. The van der Waals surface area contributed by atoms with Gasteiger partial charge >= 0.3 is 15.6 Å². The molecule has 0 aliphatic heterocycles. The summed E-state index contributed by atoms with van der Waals surface area (Å²) in [5.41, 5.74) is 3.57. The zero-order chi connectivity index (χ0) is 18.8. The summed E-state index contributed by atoms with van der Waals surface area (Å²) in [6, 6.07) is 0. The Morgan fingerprint density at radius 1 is 0.875 bits per heavy atom. The van der Waals surface area contributed by atoms with Gasteiger partial charge in [-0.1, -0.05) is 34.9 Å². The lowest BCUT2D eigenvalue weighted by molar-refractivity contribution is 0.191. The second-order valence-corrected chi connectivity index (χ2v) is 8.63. The van der Waals surface area contributed by atoms with Gasteiger partial charge in [-0.3, -0.25) is 4.52 Å². The highest BCUT2D eigenvalue weighted by Crippen LogP contribution is 2.57. The minimum Gasteiger partial charge on any atom is -0.302 e.